The lowest BCUT2D eigenvalue weighted by atomic mass is 10.1. The van der Waals surface area contributed by atoms with Crippen LogP contribution in [0.2, 0.25) is 0 Å². The highest BCUT2D eigenvalue weighted by Crippen LogP contribution is 2.13. The van der Waals surface area contributed by atoms with Crippen LogP contribution in [0.3, 0.4) is 0 Å². The van der Waals surface area contributed by atoms with Gasteiger partial charge in [-0.15, -0.1) is 0 Å². The van der Waals surface area contributed by atoms with Gasteiger partial charge in [0.15, 0.2) is 0 Å². The van der Waals surface area contributed by atoms with Crippen molar-refractivity contribution in [1.82, 2.24) is 0 Å². The van der Waals surface area contributed by atoms with Crippen molar-refractivity contribution in [1.29, 1.82) is 0 Å². The lowest BCUT2D eigenvalue weighted by Gasteiger charge is -2.08. The molecular formula is C18H22O5S. The van der Waals surface area contributed by atoms with E-state index in [0.717, 1.165) is 29.7 Å². The van der Waals surface area contributed by atoms with Crippen LogP contribution in [0.4, 0.5) is 0 Å². The maximum absolute atomic E-state index is 10.9. The normalized spacial score (nSPS) is 11.2. The Labute approximate surface area is 143 Å². The average molecular weight is 350 g/mol. The zero-order chi connectivity index (χ0) is 17.3. The molecule has 0 saturated carbocycles. The molecule has 0 aliphatic heterocycles. The van der Waals surface area contributed by atoms with Crippen molar-refractivity contribution in [2.75, 3.05) is 26.1 Å². The number of ether oxygens (including phenoxy) is 2. The lowest BCUT2D eigenvalue weighted by molar-refractivity contribution is 0.247. The van der Waals surface area contributed by atoms with Gasteiger partial charge in [-0.05, 0) is 36.2 Å². The third-order valence-corrected chi connectivity index (χ3v) is 3.78. The molecule has 6 heteroatoms. The molecule has 2 rings (SSSR count). The minimum Gasteiger partial charge on any atom is -0.493 e. The summed E-state index contributed by atoms with van der Waals surface area (Å²) in [6.45, 7) is 1.32. The Hall–Kier alpha value is -2.05. The highest BCUT2D eigenvalue weighted by molar-refractivity contribution is 7.85. The highest BCUT2D eigenvalue weighted by atomic mass is 32.2. The van der Waals surface area contributed by atoms with Crippen LogP contribution in [-0.4, -0.2) is 34.5 Å². The Balaban J connectivity index is 1.63. The van der Waals surface area contributed by atoms with Crippen molar-refractivity contribution >= 4 is 10.1 Å². The summed E-state index contributed by atoms with van der Waals surface area (Å²) in [5.41, 5.74) is 0.999. The van der Waals surface area contributed by atoms with Crippen molar-refractivity contribution in [3.05, 3.63) is 60.2 Å². The Morgan fingerprint density at radius 2 is 1.38 bits per heavy atom. The maximum atomic E-state index is 10.9. The van der Waals surface area contributed by atoms with Crippen molar-refractivity contribution in [3.63, 3.8) is 0 Å². The standard InChI is InChI=1S/C18H22O5S/c1-24(19,20)23-15-12-16-8-10-18(11-9-16)22-14-5-13-21-17-6-3-2-4-7-17/h2-4,6-11H,5,12-15H2,1H3. The predicted molar refractivity (Wildman–Crippen MR) is 93.0 cm³/mol. The topological polar surface area (TPSA) is 61.8 Å². The molecule has 130 valence electrons. The van der Waals surface area contributed by atoms with Crippen molar-refractivity contribution < 1.29 is 22.1 Å². The van der Waals surface area contributed by atoms with E-state index in [0.29, 0.717) is 19.6 Å². The molecule has 0 aliphatic rings. The van der Waals surface area contributed by atoms with Gasteiger partial charge in [-0.25, -0.2) is 0 Å². The van der Waals surface area contributed by atoms with E-state index in [1.807, 2.05) is 54.6 Å². The minimum atomic E-state index is -3.38. The molecule has 0 bridgehead atoms. The summed E-state index contributed by atoms with van der Waals surface area (Å²) in [5, 5.41) is 0. The summed E-state index contributed by atoms with van der Waals surface area (Å²) >= 11 is 0. The van der Waals surface area contributed by atoms with Crippen LogP contribution in [0, 0.1) is 0 Å². The second-order valence-corrected chi connectivity index (χ2v) is 6.93. The molecule has 0 radical (unpaired) electrons. The summed E-state index contributed by atoms with van der Waals surface area (Å²) in [5.74, 6) is 1.64. The van der Waals surface area contributed by atoms with Gasteiger partial charge in [-0.2, -0.15) is 8.42 Å². The molecule has 0 aromatic heterocycles. The Kier molecular flexibility index (Phi) is 7.08. The van der Waals surface area contributed by atoms with E-state index in [2.05, 4.69) is 0 Å². The monoisotopic (exact) mass is 350 g/mol. The molecule has 0 fully saturated rings. The highest BCUT2D eigenvalue weighted by Gasteiger charge is 2.02. The first-order chi connectivity index (χ1) is 11.5. The van der Waals surface area contributed by atoms with E-state index in [-0.39, 0.29) is 6.61 Å². The van der Waals surface area contributed by atoms with Gasteiger partial charge in [0.2, 0.25) is 0 Å². The molecule has 2 aromatic carbocycles. The van der Waals surface area contributed by atoms with E-state index in [1.165, 1.54) is 0 Å². The van der Waals surface area contributed by atoms with Gasteiger partial charge in [0, 0.05) is 6.42 Å². The number of hydrogen-bond donors (Lipinski definition) is 0. The number of hydrogen-bond acceptors (Lipinski definition) is 5. The van der Waals surface area contributed by atoms with E-state index < -0.39 is 10.1 Å². The minimum absolute atomic E-state index is 0.149. The molecule has 5 nitrogen and oxygen atoms in total. The molecule has 0 atom stereocenters. The largest absolute Gasteiger partial charge is 0.493 e. The van der Waals surface area contributed by atoms with E-state index in [1.54, 1.807) is 0 Å². The fourth-order valence-electron chi connectivity index (χ4n) is 2.02. The smallest absolute Gasteiger partial charge is 0.264 e. The van der Waals surface area contributed by atoms with Crippen LogP contribution in [0.1, 0.15) is 12.0 Å². The predicted octanol–water partition coefficient (Wildman–Crippen LogP) is 3.05. The summed E-state index contributed by atoms with van der Waals surface area (Å²) in [4.78, 5) is 0. The van der Waals surface area contributed by atoms with Crippen molar-refractivity contribution in [3.8, 4) is 11.5 Å². The maximum Gasteiger partial charge on any atom is 0.264 e. The van der Waals surface area contributed by atoms with Gasteiger partial charge in [0.1, 0.15) is 11.5 Å². The quantitative estimate of drug-likeness (QED) is 0.487. The van der Waals surface area contributed by atoms with Crippen molar-refractivity contribution in [2.24, 2.45) is 0 Å². The van der Waals surface area contributed by atoms with Gasteiger partial charge in [0.25, 0.3) is 10.1 Å². The first kappa shape index (κ1) is 18.3. The number of rotatable bonds is 10. The summed E-state index contributed by atoms with van der Waals surface area (Å²) in [6, 6.07) is 17.2. The molecular weight excluding hydrogens is 328 g/mol. The molecule has 0 spiro atoms. The average Bonchev–Trinajstić information content (AvgIpc) is 2.56. The molecule has 0 aliphatic carbocycles. The second kappa shape index (κ2) is 9.30. The first-order valence-corrected chi connectivity index (χ1v) is 9.58. The second-order valence-electron chi connectivity index (χ2n) is 5.28. The van der Waals surface area contributed by atoms with Gasteiger partial charge < -0.3 is 9.47 Å². The third kappa shape index (κ3) is 7.48. The summed E-state index contributed by atoms with van der Waals surface area (Å²) in [6.07, 6.45) is 2.38. The molecule has 0 saturated heterocycles. The van der Waals surface area contributed by atoms with Crippen LogP contribution >= 0.6 is 0 Å². The van der Waals surface area contributed by atoms with Gasteiger partial charge >= 0.3 is 0 Å². The SMILES string of the molecule is CS(=O)(=O)OCCc1ccc(OCCCOc2ccccc2)cc1. The lowest BCUT2D eigenvalue weighted by Crippen LogP contribution is -2.06. The zero-order valence-electron chi connectivity index (χ0n) is 13.7. The van der Waals surface area contributed by atoms with Gasteiger partial charge in [-0.3, -0.25) is 4.18 Å². The molecule has 0 heterocycles. The molecule has 0 N–H and O–H groups in total. The van der Waals surface area contributed by atoms with Crippen LogP contribution < -0.4 is 9.47 Å². The molecule has 0 unspecified atom stereocenters. The Morgan fingerprint density at radius 3 is 1.96 bits per heavy atom. The van der Waals surface area contributed by atoms with E-state index in [9.17, 15) is 8.42 Å². The fourth-order valence-corrected chi connectivity index (χ4v) is 2.41. The number of para-hydroxylation sites is 1. The van der Waals surface area contributed by atoms with Crippen LogP contribution in [0.15, 0.2) is 54.6 Å². The van der Waals surface area contributed by atoms with Gasteiger partial charge in [0.05, 0.1) is 26.1 Å². The number of benzene rings is 2. The first-order valence-electron chi connectivity index (χ1n) is 7.77. The molecule has 24 heavy (non-hydrogen) atoms. The molecule has 2 aromatic rings. The third-order valence-electron chi connectivity index (χ3n) is 3.18. The van der Waals surface area contributed by atoms with Crippen LogP contribution in [0.25, 0.3) is 0 Å². The van der Waals surface area contributed by atoms with E-state index in [4.69, 9.17) is 13.7 Å². The van der Waals surface area contributed by atoms with Crippen LogP contribution in [0.5, 0.6) is 11.5 Å². The molecule has 0 amide bonds. The van der Waals surface area contributed by atoms with Crippen molar-refractivity contribution in [2.45, 2.75) is 12.8 Å². The zero-order valence-corrected chi connectivity index (χ0v) is 14.5. The van der Waals surface area contributed by atoms with E-state index >= 15 is 0 Å². The fraction of sp³-hybridized carbons (Fsp3) is 0.333. The Morgan fingerprint density at radius 1 is 0.792 bits per heavy atom. The Bertz CT molecular complexity index is 696. The van der Waals surface area contributed by atoms with Gasteiger partial charge in [-0.1, -0.05) is 30.3 Å². The summed E-state index contributed by atoms with van der Waals surface area (Å²) in [7, 11) is -3.38. The summed E-state index contributed by atoms with van der Waals surface area (Å²) < 4.78 is 37.7. The van der Waals surface area contributed by atoms with Crippen LogP contribution in [-0.2, 0) is 20.7 Å².